The van der Waals surface area contributed by atoms with Crippen molar-refractivity contribution in [3.63, 3.8) is 0 Å². The highest BCUT2D eigenvalue weighted by atomic mass is 79.9. The van der Waals surface area contributed by atoms with Gasteiger partial charge in [0.1, 0.15) is 18.2 Å². The van der Waals surface area contributed by atoms with Crippen LogP contribution in [-0.4, -0.2) is 22.5 Å². The minimum absolute atomic E-state index is 0.00713. The van der Waals surface area contributed by atoms with Crippen LogP contribution in [0.3, 0.4) is 0 Å². The van der Waals surface area contributed by atoms with Crippen LogP contribution in [0.5, 0.6) is 11.5 Å². The maximum absolute atomic E-state index is 14.0. The van der Waals surface area contributed by atoms with Crippen molar-refractivity contribution < 1.29 is 13.9 Å². The number of ether oxygens (including phenoxy) is 2. The lowest BCUT2D eigenvalue weighted by atomic mass is 10.2. The number of aryl methyl sites for hydroxylation is 1. The van der Waals surface area contributed by atoms with Gasteiger partial charge < -0.3 is 9.47 Å². The fraction of sp³-hybridized carbons (Fsp3) is 0.160. The van der Waals surface area contributed by atoms with E-state index in [1.54, 1.807) is 49.4 Å². The van der Waals surface area contributed by atoms with E-state index in [-0.39, 0.29) is 23.0 Å². The van der Waals surface area contributed by atoms with Gasteiger partial charge in [0.15, 0.2) is 11.5 Å². The number of hydrogen-bond donors (Lipinski definition) is 0. The summed E-state index contributed by atoms with van der Waals surface area (Å²) >= 11 is 9.85. The Bertz CT molecular complexity index is 1460. The van der Waals surface area contributed by atoms with Crippen molar-refractivity contribution in [1.82, 2.24) is 9.66 Å². The Labute approximate surface area is 208 Å². The molecule has 0 N–H and O–H groups in total. The number of nitrogens with zero attached hydrogens (tertiary/aromatic N) is 3. The molecule has 34 heavy (non-hydrogen) atoms. The Morgan fingerprint density at radius 1 is 1.18 bits per heavy atom. The molecule has 0 unspecified atom stereocenters. The molecule has 0 radical (unpaired) electrons. The lowest BCUT2D eigenvalue weighted by molar-refractivity contribution is 0.266. The second-order valence-corrected chi connectivity index (χ2v) is 8.65. The van der Waals surface area contributed by atoms with E-state index >= 15 is 0 Å². The second-order valence-electron chi connectivity index (χ2n) is 7.33. The number of halogens is 3. The molecule has 1 aromatic heterocycles. The van der Waals surface area contributed by atoms with E-state index in [9.17, 15) is 9.18 Å². The summed E-state index contributed by atoms with van der Waals surface area (Å²) < 4.78 is 27.4. The predicted molar refractivity (Wildman–Crippen MR) is 135 cm³/mol. The third-order valence-electron chi connectivity index (χ3n) is 4.95. The van der Waals surface area contributed by atoms with Gasteiger partial charge in [-0.3, -0.25) is 4.79 Å². The Kier molecular flexibility index (Phi) is 7.29. The Morgan fingerprint density at radius 3 is 2.74 bits per heavy atom. The summed E-state index contributed by atoms with van der Waals surface area (Å²) in [6, 6.07) is 15.0. The van der Waals surface area contributed by atoms with E-state index in [0.29, 0.717) is 46.0 Å². The zero-order valence-electron chi connectivity index (χ0n) is 18.4. The van der Waals surface area contributed by atoms with E-state index in [4.69, 9.17) is 21.1 Å². The van der Waals surface area contributed by atoms with Crippen molar-refractivity contribution in [1.29, 1.82) is 0 Å². The maximum atomic E-state index is 14.0. The topological polar surface area (TPSA) is 65.7 Å². The molecule has 1 heterocycles. The number of aromatic nitrogens is 2. The number of hydrogen-bond acceptors (Lipinski definition) is 5. The van der Waals surface area contributed by atoms with Gasteiger partial charge in [0.2, 0.25) is 0 Å². The maximum Gasteiger partial charge on any atom is 0.282 e. The molecular formula is C25H20BrClFN3O3. The van der Waals surface area contributed by atoms with Gasteiger partial charge in [-0.15, -0.1) is 0 Å². The highest BCUT2D eigenvalue weighted by Gasteiger charge is 2.14. The average molecular weight is 545 g/mol. The van der Waals surface area contributed by atoms with E-state index < -0.39 is 0 Å². The predicted octanol–water partition coefficient (Wildman–Crippen LogP) is 6.12. The first-order chi connectivity index (χ1) is 16.4. The molecule has 174 valence electrons. The van der Waals surface area contributed by atoms with Crippen molar-refractivity contribution in [3.8, 4) is 11.5 Å². The molecule has 4 aromatic rings. The van der Waals surface area contributed by atoms with E-state index in [2.05, 4.69) is 26.0 Å². The monoisotopic (exact) mass is 543 g/mol. The smallest absolute Gasteiger partial charge is 0.282 e. The lowest BCUT2D eigenvalue weighted by Crippen LogP contribution is -2.20. The van der Waals surface area contributed by atoms with Crippen LogP contribution in [0.2, 0.25) is 5.02 Å². The summed E-state index contributed by atoms with van der Waals surface area (Å²) in [4.78, 5) is 17.4. The summed E-state index contributed by atoms with van der Waals surface area (Å²) in [5.41, 5.74) is 1.29. The molecule has 9 heteroatoms. The van der Waals surface area contributed by atoms with Crippen LogP contribution >= 0.6 is 27.5 Å². The summed E-state index contributed by atoms with van der Waals surface area (Å²) in [7, 11) is 0. The van der Waals surface area contributed by atoms with Crippen LogP contribution in [0.15, 0.2) is 69.0 Å². The van der Waals surface area contributed by atoms with E-state index in [0.717, 1.165) is 4.47 Å². The lowest BCUT2D eigenvalue weighted by Gasteiger charge is -2.15. The van der Waals surface area contributed by atoms with Crippen molar-refractivity contribution in [2.45, 2.75) is 20.5 Å². The number of benzene rings is 3. The quantitative estimate of drug-likeness (QED) is 0.263. The third kappa shape index (κ3) is 5.13. The summed E-state index contributed by atoms with van der Waals surface area (Å²) in [6.07, 6.45) is 1.49. The van der Waals surface area contributed by atoms with Crippen LogP contribution in [0, 0.1) is 12.7 Å². The van der Waals surface area contributed by atoms with Gasteiger partial charge in [0.25, 0.3) is 5.56 Å². The summed E-state index contributed by atoms with van der Waals surface area (Å²) in [6.45, 7) is 3.90. The molecule has 0 fully saturated rings. The fourth-order valence-corrected chi connectivity index (χ4v) is 3.99. The summed E-state index contributed by atoms with van der Waals surface area (Å²) in [5.74, 6) is 0.765. The highest BCUT2D eigenvalue weighted by molar-refractivity contribution is 9.10. The van der Waals surface area contributed by atoms with Gasteiger partial charge in [-0.25, -0.2) is 9.37 Å². The van der Waals surface area contributed by atoms with Crippen molar-refractivity contribution in [2.75, 3.05) is 6.61 Å². The van der Waals surface area contributed by atoms with Gasteiger partial charge in [0.05, 0.1) is 28.7 Å². The van der Waals surface area contributed by atoms with Crippen molar-refractivity contribution in [2.24, 2.45) is 5.10 Å². The van der Waals surface area contributed by atoms with E-state index in [1.807, 2.05) is 13.0 Å². The van der Waals surface area contributed by atoms with Gasteiger partial charge in [0, 0.05) is 10.0 Å². The molecule has 0 aliphatic carbocycles. The first kappa shape index (κ1) is 23.9. The van der Waals surface area contributed by atoms with Gasteiger partial charge in [-0.2, -0.15) is 9.78 Å². The van der Waals surface area contributed by atoms with Crippen LogP contribution in [0.1, 0.15) is 23.9 Å². The first-order valence-electron chi connectivity index (χ1n) is 10.4. The van der Waals surface area contributed by atoms with Crippen LogP contribution < -0.4 is 15.0 Å². The Morgan fingerprint density at radius 2 is 1.97 bits per heavy atom. The molecule has 0 saturated heterocycles. The minimum Gasteiger partial charge on any atom is -0.490 e. The molecular weight excluding hydrogens is 525 g/mol. The summed E-state index contributed by atoms with van der Waals surface area (Å²) in [5, 5.41) is 5.05. The fourth-order valence-electron chi connectivity index (χ4n) is 3.35. The molecule has 6 nitrogen and oxygen atoms in total. The van der Waals surface area contributed by atoms with Crippen molar-refractivity contribution >= 4 is 44.6 Å². The van der Waals surface area contributed by atoms with Gasteiger partial charge in [-0.1, -0.05) is 45.7 Å². The third-order valence-corrected chi connectivity index (χ3v) is 5.73. The molecule has 0 amide bonds. The first-order valence-corrected chi connectivity index (χ1v) is 11.6. The molecule has 0 atom stereocenters. The van der Waals surface area contributed by atoms with Crippen LogP contribution in [-0.2, 0) is 6.61 Å². The Balaban J connectivity index is 1.66. The van der Waals surface area contributed by atoms with Gasteiger partial charge in [-0.05, 0) is 55.8 Å². The standard InChI is InChI=1S/C25H20BrClFN3O3/c1-3-33-23-11-16(10-20(27)24(23)34-14-17-6-4-5-7-21(17)28)13-29-31-15(2)30-22-9-8-18(26)12-19(22)25(31)32/h4-13H,3,14H2,1-2H3. The van der Waals surface area contributed by atoms with Gasteiger partial charge >= 0.3 is 0 Å². The van der Waals surface area contributed by atoms with Crippen LogP contribution in [0.4, 0.5) is 4.39 Å². The zero-order valence-corrected chi connectivity index (χ0v) is 20.7. The molecule has 0 bridgehead atoms. The Hall–Kier alpha value is -3.23. The molecule has 0 spiro atoms. The van der Waals surface area contributed by atoms with Crippen LogP contribution in [0.25, 0.3) is 10.9 Å². The number of rotatable bonds is 7. The number of fused-ring (bicyclic) bond motifs is 1. The highest BCUT2D eigenvalue weighted by Crippen LogP contribution is 2.37. The molecule has 0 aliphatic rings. The molecule has 3 aromatic carbocycles. The normalized spacial score (nSPS) is 11.3. The van der Waals surface area contributed by atoms with E-state index in [1.165, 1.54) is 17.0 Å². The second kappa shape index (κ2) is 10.4. The SMILES string of the molecule is CCOc1cc(C=Nn2c(C)nc3ccc(Br)cc3c2=O)cc(Cl)c1OCc1ccccc1F. The molecule has 0 saturated carbocycles. The van der Waals surface area contributed by atoms with Crippen molar-refractivity contribution in [3.05, 3.63) is 97.2 Å². The minimum atomic E-state index is -0.364. The zero-order chi connectivity index (χ0) is 24.2. The molecule has 4 rings (SSSR count). The largest absolute Gasteiger partial charge is 0.490 e. The molecule has 0 aliphatic heterocycles. The average Bonchev–Trinajstić information content (AvgIpc) is 2.80.